The second-order valence-corrected chi connectivity index (χ2v) is 7.57. The van der Waals surface area contributed by atoms with Gasteiger partial charge in [-0.25, -0.2) is 4.99 Å². The number of ether oxygens (including phenoxy) is 1. The van der Waals surface area contributed by atoms with Crippen molar-refractivity contribution in [2.75, 3.05) is 33.8 Å². The van der Waals surface area contributed by atoms with Crippen molar-refractivity contribution in [3.05, 3.63) is 71.9 Å². The molecule has 148 valence electrons. The Morgan fingerprint density at radius 2 is 1.86 bits per heavy atom. The van der Waals surface area contributed by atoms with E-state index in [1.165, 1.54) is 11.1 Å². The third kappa shape index (κ3) is 5.23. The number of para-hydroxylation sites is 2. The number of benzene rings is 2. The van der Waals surface area contributed by atoms with Crippen LogP contribution in [0.5, 0.6) is 5.75 Å². The average molecular weight is 378 g/mol. The average Bonchev–Trinajstić information content (AvgIpc) is 3.11. The fourth-order valence-electron chi connectivity index (χ4n) is 3.47. The predicted molar refractivity (Wildman–Crippen MR) is 118 cm³/mol. The van der Waals surface area contributed by atoms with E-state index in [0.29, 0.717) is 6.61 Å². The standard InChI is InChI=1S/C24H31N3O/c1-19-10-8-11-21-18-23(25-24(19)21)27(16-9-15-26(3)4)20(2)14-17-28-22-12-6-5-7-13-22/h5-8,10-13H,2,9,14-18H2,1,3-4H3. The summed E-state index contributed by atoms with van der Waals surface area (Å²) in [4.78, 5) is 9.48. The Kier molecular flexibility index (Phi) is 6.88. The van der Waals surface area contributed by atoms with Crippen molar-refractivity contribution in [1.82, 2.24) is 9.80 Å². The maximum absolute atomic E-state index is 5.88. The third-order valence-electron chi connectivity index (χ3n) is 4.99. The van der Waals surface area contributed by atoms with E-state index in [4.69, 9.17) is 9.73 Å². The van der Waals surface area contributed by atoms with Crippen LogP contribution in [-0.4, -0.2) is 49.4 Å². The molecular weight excluding hydrogens is 346 g/mol. The molecule has 0 atom stereocenters. The molecule has 0 bridgehead atoms. The van der Waals surface area contributed by atoms with Gasteiger partial charge in [0, 0.05) is 25.1 Å². The highest BCUT2D eigenvalue weighted by Gasteiger charge is 2.22. The zero-order chi connectivity index (χ0) is 19.9. The van der Waals surface area contributed by atoms with Gasteiger partial charge in [0.15, 0.2) is 0 Å². The zero-order valence-corrected chi connectivity index (χ0v) is 17.3. The summed E-state index contributed by atoms with van der Waals surface area (Å²) in [6.07, 6.45) is 2.72. The van der Waals surface area contributed by atoms with Crippen LogP contribution >= 0.6 is 0 Å². The van der Waals surface area contributed by atoms with Crippen LogP contribution in [0.2, 0.25) is 0 Å². The molecule has 0 amide bonds. The van der Waals surface area contributed by atoms with E-state index < -0.39 is 0 Å². The second-order valence-electron chi connectivity index (χ2n) is 7.57. The Morgan fingerprint density at radius 3 is 2.57 bits per heavy atom. The van der Waals surface area contributed by atoms with Crippen LogP contribution in [0.15, 0.2) is 65.8 Å². The van der Waals surface area contributed by atoms with Crippen molar-refractivity contribution in [2.45, 2.75) is 26.2 Å². The SMILES string of the molecule is C=C(CCOc1ccccc1)N(CCCN(C)C)C1=Nc2c(C)cccc2C1. The molecule has 1 aliphatic rings. The maximum Gasteiger partial charge on any atom is 0.119 e. The van der Waals surface area contributed by atoms with Gasteiger partial charge in [0.1, 0.15) is 11.6 Å². The molecule has 1 heterocycles. The topological polar surface area (TPSA) is 28.1 Å². The Hall–Kier alpha value is -2.59. The number of aryl methyl sites for hydroxylation is 1. The summed E-state index contributed by atoms with van der Waals surface area (Å²) in [5.74, 6) is 2.00. The summed E-state index contributed by atoms with van der Waals surface area (Å²) in [5.41, 5.74) is 4.74. The van der Waals surface area contributed by atoms with Crippen LogP contribution in [0.1, 0.15) is 24.0 Å². The molecule has 0 unspecified atom stereocenters. The van der Waals surface area contributed by atoms with Crippen LogP contribution in [0.4, 0.5) is 5.69 Å². The Labute approximate surface area is 169 Å². The summed E-state index contributed by atoms with van der Waals surface area (Å²) >= 11 is 0. The van der Waals surface area contributed by atoms with E-state index in [1.54, 1.807) is 0 Å². The largest absolute Gasteiger partial charge is 0.493 e. The van der Waals surface area contributed by atoms with Gasteiger partial charge in [-0.05, 0) is 57.2 Å². The molecule has 0 spiro atoms. The summed E-state index contributed by atoms with van der Waals surface area (Å²) < 4.78 is 5.88. The van der Waals surface area contributed by atoms with Crippen LogP contribution in [0.3, 0.4) is 0 Å². The van der Waals surface area contributed by atoms with Gasteiger partial charge in [-0.15, -0.1) is 0 Å². The van der Waals surface area contributed by atoms with E-state index in [-0.39, 0.29) is 0 Å². The molecule has 3 rings (SSSR count). The first-order valence-corrected chi connectivity index (χ1v) is 9.98. The van der Waals surface area contributed by atoms with E-state index in [1.807, 2.05) is 30.3 Å². The highest BCUT2D eigenvalue weighted by atomic mass is 16.5. The molecule has 28 heavy (non-hydrogen) atoms. The molecule has 0 aromatic heterocycles. The molecule has 4 heteroatoms. The number of amidine groups is 1. The minimum Gasteiger partial charge on any atom is -0.493 e. The minimum absolute atomic E-state index is 0.617. The van der Waals surface area contributed by atoms with Crippen molar-refractivity contribution >= 4 is 11.5 Å². The molecule has 2 aromatic rings. The highest BCUT2D eigenvalue weighted by molar-refractivity contribution is 5.94. The summed E-state index contributed by atoms with van der Waals surface area (Å²) in [6, 6.07) is 16.4. The van der Waals surface area contributed by atoms with Crippen LogP contribution in [0, 0.1) is 6.92 Å². The maximum atomic E-state index is 5.88. The van der Waals surface area contributed by atoms with Crippen LogP contribution < -0.4 is 4.74 Å². The third-order valence-corrected chi connectivity index (χ3v) is 4.99. The fourth-order valence-corrected chi connectivity index (χ4v) is 3.47. The van der Waals surface area contributed by atoms with Gasteiger partial charge in [-0.3, -0.25) is 0 Å². The lowest BCUT2D eigenvalue weighted by Gasteiger charge is -2.27. The molecule has 0 aliphatic carbocycles. The normalized spacial score (nSPS) is 12.6. The zero-order valence-electron chi connectivity index (χ0n) is 17.3. The lowest BCUT2D eigenvalue weighted by atomic mass is 10.1. The first kappa shape index (κ1) is 20.2. The van der Waals surface area contributed by atoms with Crippen molar-refractivity contribution in [3.8, 4) is 5.75 Å². The first-order chi connectivity index (χ1) is 13.5. The van der Waals surface area contributed by atoms with Gasteiger partial charge in [0.2, 0.25) is 0 Å². The van der Waals surface area contributed by atoms with Gasteiger partial charge >= 0.3 is 0 Å². The van der Waals surface area contributed by atoms with Crippen molar-refractivity contribution < 1.29 is 4.74 Å². The Morgan fingerprint density at radius 1 is 1.07 bits per heavy atom. The van der Waals surface area contributed by atoms with Crippen LogP contribution in [0.25, 0.3) is 0 Å². The second kappa shape index (κ2) is 9.56. The predicted octanol–water partition coefficient (Wildman–Crippen LogP) is 4.82. The molecule has 1 aliphatic heterocycles. The number of aliphatic imine (C=N–C) groups is 1. The number of hydrogen-bond donors (Lipinski definition) is 0. The van der Waals surface area contributed by atoms with Gasteiger partial charge in [-0.1, -0.05) is 43.0 Å². The van der Waals surface area contributed by atoms with Crippen molar-refractivity contribution in [1.29, 1.82) is 0 Å². The summed E-state index contributed by atoms with van der Waals surface area (Å²) in [6.45, 7) is 9.08. The minimum atomic E-state index is 0.617. The number of nitrogens with zero attached hydrogens (tertiary/aromatic N) is 3. The van der Waals surface area contributed by atoms with Crippen molar-refractivity contribution in [3.63, 3.8) is 0 Å². The molecule has 0 radical (unpaired) electrons. The molecule has 2 aromatic carbocycles. The van der Waals surface area contributed by atoms with E-state index in [9.17, 15) is 0 Å². The Bertz CT molecular complexity index is 827. The van der Waals surface area contributed by atoms with Crippen LogP contribution in [-0.2, 0) is 6.42 Å². The summed E-state index contributed by atoms with van der Waals surface area (Å²) in [5, 5.41) is 0. The molecular formula is C24H31N3O. The van der Waals surface area contributed by atoms with E-state index in [0.717, 1.165) is 55.3 Å². The molecule has 0 saturated carbocycles. The number of rotatable bonds is 9. The first-order valence-electron chi connectivity index (χ1n) is 9.98. The molecule has 0 saturated heterocycles. The van der Waals surface area contributed by atoms with Crippen molar-refractivity contribution in [2.24, 2.45) is 4.99 Å². The monoisotopic (exact) mass is 377 g/mol. The lowest BCUT2D eigenvalue weighted by Crippen LogP contribution is -2.33. The van der Waals surface area contributed by atoms with Gasteiger partial charge < -0.3 is 14.5 Å². The summed E-state index contributed by atoms with van der Waals surface area (Å²) in [7, 11) is 4.22. The van der Waals surface area contributed by atoms with Gasteiger partial charge in [0.05, 0.1) is 12.3 Å². The number of fused-ring (bicyclic) bond motifs is 1. The number of hydrogen-bond acceptors (Lipinski definition) is 4. The molecule has 0 fully saturated rings. The quantitative estimate of drug-likeness (QED) is 0.627. The van der Waals surface area contributed by atoms with E-state index >= 15 is 0 Å². The highest BCUT2D eigenvalue weighted by Crippen LogP contribution is 2.32. The Balaban J connectivity index is 1.66. The molecule has 4 nitrogen and oxygen atoms in total. The molecule has 0 N–H and O–H groups in total. The van der Waals surface area contributed by atoms with Gasteiger partial charge in [-0.2, -0.15) is 0 Å². The smallest absolute Gasteiger partial charge is 0.119 e. The van der Waals surface area contributed by atoms with E-state index in [2.05, 4.69) is 55.6 Å². The lowest BCUT2D eigenvalue weighted by molar-refractivity contribution is 0.305. The van der Waals surface area contributed by atoms with Gasteiger partial charge in [0.25, 0.3) is 0 Å². The fraction of sp³-hybridized carbons (Fsp3) is 0.375.